The number of nitrogens with zero attached hydrogens (tertiary/aromatic N) is 6. The summed E-state index contributed by atoms with van der Waals surface area (Å²) >= 11 is 0. The van der Waals surface area contributed by atoms with Crippen LogP contribution in [-0.4, -0.2) is 59.0 Å². The Morgan fingerprint density at radius 3 is 2.27 bits per heavy atom. The first-order valence-corrected chi connectivity index (χ1v) is 17.7. The fourth-order valence-corrected chi connectivity index (χ4v) is 7.37. The summed E-state index contributed by atoms with van der Waals surface area (Å²) in [6.45, 7) is 3.33. The van der Waals surface area contributed by atoms with E-state index in [4.69, 9.17) is 10.5 Å². The average Bonchev–Trinajstić information content (AvgIpc) is 3.55. The first kappa shape index (κ1) is 34.8. The number of unbranched alkanes of at least 4 members (excludes halogenated alkanes) is 1. The summed E-state index contributed by atoms with van der Waals surface area (Å²) in [7, 11) is -4.88. The lowest BCUT2D eigenvalue weighted by Gasteiger charge is -2.51. The van der Waals surface area contributed by atoms with E-state index >= 15 is 0 Å². The molecule has 3 aliphatic carbocycles. The second-order valence-corrected chi connectivity index (χ2v) is 14.1. The van der Waals surface area contributed by atoms with Gasteiger partial charge in [0.1, 0.15) is 11.3 Å². The first-order valence-electron chi connectivity index (χ1n) is 16.3. The Bertz CT molecular complexity index is 1940. The van der Waals surface area contributed by atoms with Gasteiger partial charge in [-0.3, -0.25) is 23.5 Å². The van der Waals surface area contributed by atoms with Crippen LogP contribution >= 0.6 is 0 Å². The molecule has 1 aromatic carbocycles. The topological polar surface area (TPSA) is 214 Å². The smallest absolute Gasteiger partial charge is 0.332 e. The maximum atomic E-state index is 13.6. The predicted molar refractivity (Wildman–Crippen MR) is 175 cm³/mol. The van der Waals surface area contributed by atoms with Gasteiger partial charge in [-0.1, -0.05) is 18.5 Å². The van der Waals surface area contributed by atoms with Crippen molar-refractivity contribution in [3.63, 3.8) is 0 Å². The van der Waals surface area contributed by atoms with Crippen molar-refractivity contribution in [3.05, 3.63) is 66.9 Å². The minimum atomic E-state index is -4.88. The summed E-state index contributed by atoms with van der Waals surface area (Å²) in [6, 6.07) is 4.45. The molecule has 0 atom stereocenters. The van der Waals surface area contributed by atoms with Crippen molar-refractivity contribution in [3.8, 4) is 0 Å². The monoisotopic (exact) mass is 685 g/mol. The number of hydrogen-bond acceptors (Lipinski definition) is 8. The van der Waals surface area contributed by atoms with Gasteiger partial charge in [-0.25, -0.2) is 9.78 Å². The Kier molecular flexibility index (Phi) is 10.4. The van der Waals surface area contributed by atoms with Gasteiger partial charge in [0, 0.05) is 54.0 Å². The zero-order valence-corrected chi connectivity index (χ0v) is 27.7. The Morgan fingerprint density at radius 2 is 1.65 bits per heavy atom. The number of halogens is 1. The minimum Gasteiger partial charge on any atom is -0.356 e. The molecule has 15 nitrogen and oxygen atoms in total. The molecule has 17 heteroatoms. The van der Waals surface area contributed by atoms with Crippen LogP contribution in [0.4, 0.5) is 3.89 Å². The van der Waals surface area contributed by atoms with Gasteiger partial charge in [-0.15, -0.1) is 3.89 Å². The summed E-state index contributed by atoms with van der Waals surface area (Å²) in [6.07, 6.45) is 6.46. The van der Waals surface area contributed by atoms with Crippen molar-refractivity contribution in [2.24, 2.45) is 10.5 Å². The molecule has 6 rings (SSSR count). The molecular weight excluding hydrogens is 645 g/mol. The SMILES string of the molecule is CCCCn1c(=O)c2[nH]c(C34CCC(C(=O)NCCCN=[N+]=[N-])(CC3)CC4)nc2n(CCCNC(=O)c2ccc(S(=O)(=O)F)cc2)c1=O. The molecule has 48 heavy (non-hydrogen) atoms. The van der Waals surface area contributed by atoms with Gasteiger partial charge in [0.25, 0.3) is 11.5 Å². The predicted octanol–water partition coefficient (Wildman–Crippen LogP) is 3.57. The van der Waals surface area contributed by atoms with E-state index in [9.17, 15) is 31.5 Å². The van der Waals surface area contributed by atoms with Crippen molar-refractivity contribution in [2.75, 3.05) is 19.6 Å². The normalized spacial score (nSPS) is 20.4. The molecule has 0 unspecified atom stereocenters. The maximum absolute atomic E-state index is 13.6. The maximum Gasteiger partial charge on any atom is 0.332 e. The number of carbonyl (C=O) groups excluding carboxylic acids is 2. The van der Waals surface area contributed by atoms with Crippen LogP contribution < -0.4 is 21.9 Å². The van der Waals surface area contributed by atoms with Gasteiger partial charge in [0.05, 0.1) is 4.90 Å². The highest BCUT2D eigenvalue weighted by Gasteiger charge is 2.54. The molecule has 3 aromatic rings. The van der Waals surface area contributed by atoms with Crippen LogP contribution in [0.15, 0.2) is 43.9 Å². The lowest BCUT2D eigenvalue weighted by atomic mass is 9.53. The number of carbonyl (C=O) groups is 2. The van der Waals surface area contributed by atoms with E-state index in [-0.39, 0.29) is 47.7 Å². The number of benzene rings is 1. The molecule has 0 saturated heterocycles. The van der Waals surface area contributed by atoms with E-state index in [1.165, 1.54) is 21.3 Å². The van der Waals surface area contributed by atoms with Crippen LogP contribution in [0.1, 0.15) is 87.3 Å². The number of aromatic amines is 1. The number of fused-ring (bicyclic) bond motifs is 4. The van der Waals surface area contributed by atoms with Gasteiger partial charge >= 0.3 is 15.9 Å². The highest BCUT2D eigenvalue weighted by atomic mass is 32.3. The van der Waals surface area contributed by atoms with Crippen molar-refractivity contribution < 1.29 is 21.9 Å². The van der Waals surface area contributed by atoms with Gasteiger partial charge in [0.2, 0.25) is 5.91 Å². The molecule has 0 spiro atoms. The summed E-state index contributed by atoms with van der Waals surface area (Å²) in [5.41, 5.74) is 7.39. The molecule has 3 saturated carbocycles. The zero-order chi connectivity index (χ0) is 34.5. The standard InChI is InChI=1S/C31H40FN9O6S/c1-2-3-19-41-26(43)23-24(40(29(41)45)20-5-17-34-25(42)21-6-8-22(9-7-21)48(32,46)47)38-27(37-23)30-10-13-31(14-11-30,15-12-30)28(44)35-16-4-18-36-39-33/h6-9H,2-5,10-20H2,1H3,(H,34,42)(H,35,44)(H,37,38). The van der Waals surface area contributed by atoms with Crippen LogP contribution in [0.2, 0.25) is 0 Å². The third-order valence-electron chi connectivity index (χ3n) is 9.85. The molecule has 3 fully saturated rings. The number of hydrogen-bond donors (Lipinski definition) is 3. The number of nitrogens with one attached hydrogen (secondary N) is 3. The van der Waals surface area contributed by atoms with Crippen molar-refractivity contribution in [1.29, 1.82) is 0 Å². The van der Waals surface area contributed by atoms with E-state index in [1.54, 1.807) is 0 Å². The van der Waals surface area contributed by atoms with Crippen LogP contribution in [0.25, 0.3) is 21.6 Å². The molecule has 3 aliphatic rings. The van der Waals surface area contributed by atoms with Crippen LogP contribution in [0.5, 0.6) is 0 Å². The zero-order valence-electron chi connectivity index (χ0n) is 26.8. The molecule has 0 radical (unpaired) electrons. The highest BCUT2D eigenvalue weighted by molar-refractivity contribution is 7.86. The van der Waals surface area contributed by atoms with Gasteiger partial charge in [0.15, 0.2) is 5.65 Å². The third kappa shape index (κ3) is 7.02. The van der Waals surface area contributed by atoms with Crippen LogP contribution in [-0.2, 0) is 33.5 Å². The first-order chi connectivity index (χ1) is 22.9. The Hall–Kier alpha value is -4.50. The lowest BCUT2D eigenvalue weighted by molar-refractivity contribution is -0.138. The molecular formula is C31H40FN9O6S. The van der Waals surface area contributed by atoms with E-state index in [0.29, 0.717) is 76.7 Å². The highest BCUT2D eigenvalue weighted by Crippen LogP contribution is 2.57. The number of azide groups is 1. The molecule has 2 aromatic heterocycles. The lowest BCUT2D eigenvalue weighted by Crippen LogP contribution is -2.52. The van der Waals surface area contributed by atoms with E-state index in [1.807, 2.05) is 6.92 Å². The molecule has 258 valence electrons. The van der Waals surface area contributed by atoms with Gasteiger partial charge in [-0.2, -0.15) is 8.42 Å². The Balaban J connectivity index is 1.32. The van der Waals surface area contributed by atoms with E-state index in [2.05, 4.69) is 25.6 Å². The molecule has 3 N–H and O–H groups in total. The number of H-pyrrole nitrogens is 1. The largest absolute Gasteiger partial charge is 0.356 e. The van der Waals surface area contributed by atoms with Crippen molar-refractivity contribution >= 4 is 33.2 Å². The van der Waals surface area contributed by atoms with Crippen LogP contribution in [0.3, 0.4) is 0 Å². The van der Waals surface area contributed by atoms with Crippen molar-refractivity contribution in [2.45, 2.75) is 94.5 Å². The van der Waals surface area contributed by atoms with Crippen LogP contribution in [0, 0.1) is 5.41 Å². The fraction of sp³-hybridized carbons (Fsp3) is 0.581. The number of amides is 2. The molecule has 2 amide bonds. The quantitative estimate of drug-likeness (QED) is 0.0710. The van der Waals surface area contributed by atoms with E-state index in [0.717, 1.165) is 18.6 Å². The second kappa shape index (κ2) is 14.3. The fourth-order valence-electron chi connectivity index (χ4n) is 6.91. The van der Waals surface area contributed by atoms with Crippen molar-refractivity contribution in [1.82, 2.24) is 29.7 Å². The third-order valence-corrected chi connectivity index (χ3v) is 10.7. The average molecular weight is 686 g/mol. The number of rotatable bonds is 15. The van der Waals surface area contributed by atoms with Gasteiger partial charge < -0.3 is 15.6 Å². The second-order valence-electron chi connectivity index (χ2n) is 12.7. The minimum absolute atomic E-state index is 0.0193. The van der Waals surface area contributed by atoms with E-state index < -0.39 is 37.7 Å². The molecule has 0 aliphatic heterocycles. The summed E-state index contributed by atoms with van der Waals surface area (Å²) in [5, 5.41) is 9.23. The molecule has 2 heterocycles. The number of aromatic nitrogens is 4. The van der Waals surface area contributed by atoms with Gasteiger partial charge in [-0.05, 0) is 87.6 Å². The molecule has 2 bridgehead atoms. The number of imidazole rings is 1. The Labute approximate surface area is 276 Å². The Morgan fingerprint density at radius 1 is 1.00 bits per heavy atom. The number of aryl methyl sites for hydroxylation is 1. The summed E-state index contributed by atoms with van der Waals surface area (Å²) in [5.74, 6) is 0.175. The summed E-state index contributed by atoms with van der Waals surface area (Å²) in [4.78, 5) is 63.3. The summed E-state index contributed by atoms with van der Waals surface area (Å²) < 4.78 is 38.0.